The number of nitrogens with one attached hydrogen (secondary N) is 1. The fraction of sp³-hybridized carbons (Fsp3) is 0.333. The van der Waals surface area contributed by atoms with Crippen LogP contribution in [0.1, 0.15) is 24.4 Å². The van der Waals surface area contributed by atoms with Gasteiger partial charge in [0.2, 0.25) is 5.89 Å². The van der Waals surface area contributed by atoms with Crippen LogP contribution in [0.25, 0.3) is 22.8 Å². The van der Waals surface area contributed by atoms with E-state index in [2.05, 4.69) is 15.0 Å². The smallest absolute Gasteiger partial charge is 0.264 e. The molecule has 2 aromatic heterocycles. The Bertz CT molecular complexity index is 1010. The van der Waals surface area contributed by atoms with Gasteiger partial charge in [-0.15, -0.1) is 0 Å². The Labute approximate surface area is 162 Å². The summed E-state index contributed by atoms with van der Waals surface area (Å²) in [5.74, 6) is 1.96. The van der Waals surface area contributed by atoms with E-state index < -0.39 is 10.1 Å². The molecule has 0 radical (unpaired) electrons. The van der Waals surface area contributed by atoms with Crippen molar-refractivity contribution in [2.45, 2.75) is 26.2 Å². The topological polar surface area (TPSA) is 98.1 Å². The molecule has 9 heteroatoms. The molecule has 0 aliphatic carbocycles. The molecule has 1 N–H and O–H groups in total. The van der Waals surface area contributed by atoms with Gasteiger partial charge in [-0.25, -0.2) is 9.97 Å². The van der Waals surface area contributed by atoms with Crippen LogP contribution in [0, 0.1) is 6.92 Å². The van der Waals surface area contributed by atoms with Gasteiger partial charge in [0.05, 0.1) is 19.1 Å². The average Bonchev–Trinajstić information content (AvgIpc) is 3.21. The molecule has 3 aromatic rings. The molecule has 0 amide bonds. The Kier molecular flexibility index (Phi) is 5.98. The summed E-state index contributed by atoms with van der Waals surface area (Å²) in [4.78, 5) is 11.9. The molecule has 0 aliphatic heterocycles. The van der Waals surface area contributed by atoms with E-state index in [9.17, 15) is 8.42 Å². The number of halogens is 1. The highest BCUT2D eigenvalue weighted by Crippen LogP contribution is 2.30. The van der Waals surface area contributed by atoms with E-state index in [-0.39, 0.29) is 6.61 Å². The number of rotatable bonds is 8. The van der Waals surface area contributed by atoms with Gasteiger partial charge in [0.15, 0.2) is 0 Å². The lowest BCUT2D eigenvalue weighted by atomic mass is 10.1. The molecule has 0 saturated carbocycles. The molecule has 2 heterocycles. The van der Waals surface area contributed by atoms with Crippen molar-refractivity contribution in [3.8, 4) is 22.8 Å². The van der Waals surface area contributed by atoms with Crippen molar-refractivity contribution < 1.29 is 17.0 Å². The molecule has 0 saturated heterocycles. The van der Waals surface area contributed by atoms with Gasteiger partial charge in [-0.2, -0.15) is 8.42 Å². The number of unbranched alkanes of at least 4 members (excludes halogenated alkanes) is 1. The molecule has 0 atom stereocenters. The molecule has 0 bridgehead atoms. The summed E-state index contributed by atoms with van der Waals surface area (Å²) >= 11 is 5.98. The van der Waals surface area contributed by atoms with Gasteiger partial charge in [-0.05, 0) is 31.9 Å². The lowest BCUT2D eigenvalue weighted by Crippen LogP contribution is -2.04. The van der Waals surface area contributed by atoms with E-state index in [0.717, 1.165) is 29.1 Å². The van der Waals surface area contributed by atoms with Gasteiger partial charge < -0.3 is 9.40 Å². The number of hydrogen-bond donors (Lipinski definition) is 1. The Balaban J connectivity index is 1.79. The van der Waals surface area contributed by atoms with E-state index in [1.807, 2.05) is 19.1 Å². The van der Waals surface area contributed by atoms with Gasteiger partial charge in [-0.1, -0.05) is 23.7 Å². The number of H-pyrrole nitrogens is 1. The van der Waals surface area contributed by atoms with Gasteiger partial charge in [0.25, 0.3) is 10.1 Å². The second-order valence-corrected chi connectivity index (χ2v) is 8.24. The number of aryl methyl sites for hydroxylation is 2. The predicted octanol–water partition coefficient (Wildman–Crippen LogP) is 3.99. The van der Waals surface area contributed by atoms with Crippen LogP contribution >= 0.6 is 11.6 Å². The molecular weight excluding hydrogens is 390 g/mol. The van der Waals surface area contributed by atoms with Crippen molar-refractivity contribution in [1.82, 2.24) is 15.0 Å². The van der Waals surface area contributed by atoms with Crippen LogP contribution in [0.3, 0.4) is 0 Å². The number of aromatic nitrogens is 3. The third-order valence-electron chi connectivity index (χ3n) is 3.84. The molecule has 27 heavy (non-hydrogen) atoms. The second-order valence-electron chi connectivity index (χ2n) is 6.16. The number of nitrogens with zero attached hydrogens (tertiary/aromatic N) is 2. The summed E-state index contributed by atoms with van der Waals surface area (Å²) in [7, 11) is -3.41. The van der Waals surface area contributed by atoms with Crippen LogP contribution in [-0.4, -0.2) is 36.2 Å². The first-order valence-corrected chi connectivity index (χ1v) is 10.6. The minimum atomic E-state index is -3.41. The Morgan fingerprint density at radius 3 is 2.59 bits per heavy atom. The summed E-state index contributed by atoms with van der Waals surface area (Å²) in [6.07, 6.45) is 4.61. The van der Waals surface area contributed by atoms with Crippen molar-refractivity contribution in [2.75, 3.05) is 12.9 Å². The van der Waals surface area contributed by atoms with Crippen molar-refractivity contribution in [3.05, 3.63) is 47.1 Å². The third kappa shape index (κ3) is 5.41. The summed E-state index contributed by atoms with van der Waals surface area (Å²) < 4.78 is 32.8. The van der Waals surface area contributed by atoms with Gasteiger partial charge in [0, 0.05) is 17.0 Å². The number of oxazole rings is 1. The Morgan fingerprint density at radius 2 is 1.96 bits per heavy atom. The molecule has 144 valence electrons. The largest absolute Gasteiger partial charge is 0.439 e. The summed E-state index contributed by atoms with van der Waals surface area (Å²) in [5, 5.41) is 0.645. The lowest BCUT2D eigenvalue weighted by Gasteiger charge is -2.03. The van der Waals surface area contributed by atoms with Gasteiger partial charge in [0.1, 0.15) is 23.0 Å². The maximum Gasteiger partial charge on any atom is 0.264 e. The van der Waals surface area contributed by atoms with Crippen LogP contribution in [0.15, 0.2) is 34.9 Å². The minimum absolute atomic E-state index is 0.149. The Morgan fingerprint density at radius 1 is 1.22 bits per heavy atom. The Hall–Kier alpha value is -2.16. The second kappa shape index (κ2) is 8.24. The molecular formula is C18H20ClN3O4S. The molecule has 7 nitrogen and oxygen atoms in total. The molecule has 3 rings (SSSR count). The fourth-order valence-corrected chi connectivity index (χ4v) is 3.14. The van der Waals surface area contributed by atoms with E-state index in [1.165, 1.54) is 0 Å². The van der Waals surface area contributed by atoms with Crippen molar-refractivity contribution in [2.24, 2.45) is 0 Å². The number of imidazole rings is 1. The molecule has 0 aliphatic rings. The number of benzene rings is 1. The van der Waals surface area contributed by atoms with Crippen LogP contribution in [-0.2, 0) is 20.7 Å². The average molecular weight is 410 g/mol. The quantitative estimate of drug-likeness (QED) is 0.446. The monoisotopic (exact) mass is 409 g/mol. The molecule has 0 unspecified atom stereocenters. The van der Waals surface area contributed by atoms with Crippen LogP contribution in [0.4, 0.5) is 0 Å². The van der Waals surface area contributed by atoms with Crippen molar-refractivity contribution >= 4 is 21.7 Å². The summed E-state index contributed by atoms with van der Waals surface area (Å²) in [5.41, 5.74) is 2.33. The van der Waals surface area contributed by atoms with Crippen molar-refractivity contribution in [3.63, 3.8) is 0 Å². The van der Waals surface area contributed by atoms with Crippen LogP contribution in [0.2, 0.25) is 5.02 Å². The van der Waals surface area contributed by atoms with E-state index >= 15 is 0 Å². The fourth-order valence-electron chi connectivity index (χ4n) is 2.60. The maximum absolute atomic E-state index is 11.0. The highest BCUT2D eigenvalue weighted by Gasteiger charge is 2.17. The highest BCUT2D eigenvalue weighted by atomic mass is 35.5. The molecule has 0 spiro atoms. The lowest BCUT2D eigenvalue weighted by molar-refractivity contribution is 0.310. The zero-order valence-corrected chi connectivity index (χ0v) is 16.6. The molecule has 1 aromatic carbocycles. The third-order valence-corrected chi connectivity index (χ3v) is 4.69. The number of hydrogen-bond acceptors (Lipinski definition) is 6. The standard InChI is InChI=1S/C18H20ClN3O4S/c1-12-20-11-15(21-12)18-22-17(13-6-8-14(19)9-7-13)16(26-18)5-3-4-10-25-27(2,23)24/h6-9,11H,3-5,10H2,1-2H3,(H,20,21). The SMILES string of the molecule is Cc1ncc(-c2nc(-c3ccc(Cl)cc3)c(CCCCOS(C)(=O)=O)o2)[nH]1. The van der Waals surface area contributed by atoms with E-state index in [0.29, 0.717) is 35.9 Å². The zero-order valence-electron chi connectivity index (χ0n) is 15.0. The van der Waals surface area contributed by atoms with E-state index in [4.69, 9.17) is 20.2 Å². The van der Waals surface area contributed by atoms with Gasteiger partial charge >= 0.3 is 0 Å². The zero-order chi connectivity index (χ0) is 19.4. The molecule has 0 fully saturated rings. The normalized spacial score (nSPS) is 11.8. The van der Waals surface area contributed by atoms with Crippen LogP contribution < -0.4 is 0 Å². The van der Waals surface area contributed by atoms with Crippen LogP contribution in [0.5, 0.6) is 0 Å². The van der Waals surface area contributed by atoms with Gasteiger partial charge in [-0.3, -0.25) is 4.18 Å². The first-order valence-electron chi connectivity index (χ1n) is 8.44. The predicted molar refractivity (Wildman–Crippen MR) is 103 cm³/mol. The minimum Gasteiger partial charge on any atom is -0.439 e. The first kappa shape index (κ1) is 19.6. The van der Waals surface area contributed by atoms with Crippen molar-refractivity contribution in [1.29, 1.82) is 0 Å². The summed E-state index contributed by atoms with van der Waals surface area (Å²) in [6, 6.07) is 7.38. The maximum atomic E-state index is 11.0. The van der Waals surface area contributed by atoms with E-state index in [1.54, 1.807) is 18.3 Å². The highest BCUT2D eigenvalue weighted by molar-refractivity contribution is 7.85. The first-order chi connectivity index (χ1) is 12.8. The number of aromatic amines is 1. The summed E-state index contributed by atoms with van der Waals surface area (Å²) in [6.45, 7) is 2.01.